The SMILES string of the molecule is NNC(=O)CN1CCC(O)CC1. The molecule has 5 nitrogen and oxygen atoms in total. The highest BCUT2D eigenvalue weighted by Gasteiger charge is 2.18. The summed E-state index contributed by atoms with van der Waals surface area (Å²) in [6, 6.07) is 0. The third kappa shape index (κ3) is 2.77. The summed E-state index contributed by atoms with van der Waals surface area (Å²) in [6.45, 7) is 1.88. The average molecular weight is 173 g/mol. The van der Waals surface area contributed by atoms with Gasteiger partial charge in [-0.2, -0.15) is 0 Å². The number of likely N-dealkylation sites (tertiary alicyclic amines) is 1. The molecule has 70 valence electrons. The molecule has 0 saturated carbocycles. The zero-order valence-electron chi connectivity index (χ0n) is 6.99. The molecule has 1 aliphatic rings. The van der Waals surface area contributed by atoms with Crippen molar-refractivity contribution >= 4 is 5.91 Å². The van der Waals surface area contributed by atoms with Crippen molar-refractivity contribution in [3.05, 3.63) is 0 Å². The Bertz CT molecular complexity index is 155. The topological polar surface area (TPSA) is 78.6 Å². The second-order valence-electron chi connectivity index (χ2n) is 3.07. The molecule has 1 fully saturated rings. The van der Waals surface area contributed by atoms with Crippen molar-refractivity contribution in [2.24, 2.45) is 5.84 Å². The van der Waals surface area contributed by atoms with E-state index in [9.17, 15) is 4.79 Å². The van der Waals surface area contributed by atoms with Crippen molar-refractivity contribution in [2.45, 2.75) is 18.9 Å². The molecule has 0 aliphatic carbocycles. The lowest BCUT2D eigenvalue weighted by molar-refractivity contribution is -0.122. The second kappa shape index (κ2) is 4.39. The number of nitrogens with two attached hydrogens (primary N) is 1. The minimum atomic E-state index is -0.192. The maximum absolute atomic E-state index is 10.8. The molecule has 1 amide bonds. The number of piperidine rings is 1. The lowest BCUT2D eigenvalue weighted by Crippen LogP contribution is -2.44. The van der Waals surface area contributed by atoms with Crippen LogP contribution in [0.15, 0.2) is 0 Å². The van der Waals surface area contributed by atoms with Crippen LogP contribution in [0.3, 0.4) is 0 Å². The third-order valence-corrected chi connectivity index (χ3v) is 2.09. The monoisotopic (exact) mass is 173 g/mol. The highest BCUT2D eigenvalue weighted by atomic mass is 16.3. The molecule has 0 unspecified atom stereocenters. The summed E-state index contributed by atoms with van der Waals surface area (Å²) in [5, 5.41) is 9.17. The summed E-state index contributed by atoms with van der Waals surface area (Å²) in [7, 11) is 0. The molecule has 0 radical (unpaired) electrons. The first kappa shape index (κ1) is 9.44. The Balaban J connectivity index is 2.21. The van der Waals surface area contributed by atoms with Gasteiger partial charge >= 0.3 is 0 Å². The summed E-state index contributed by atoms with van der Waals surface area (Å²) in [5.74, 6) is 4.77. The van der Waals surface area contributed by atoms with Crippen molar-refractivity contribution in [2.75, 3.05) is 19.6 Å². The molecule has 1 heterocycles. The molecule has 12 heavy (non-hydrogen) atoms. The van der Waals surface area contributed by atoms with E-state index in [1.807, 2.05) is 4.90 Å². The third-order valence-electron chi connectivity index (χ3n) is 2.09. The van der Waals surface area contributed by atoms with Gasteiger partial charge in [-0.25, -0.2) is 5.84 Å². The molecule has 0 aromatic carbocycles. The van der Waals surface area contributed by atoms with E-state index in [1.165, 1.54) is 0 Å². The van der Waals surface area contributed by atoms with E-state index in [1.54, 1.807) is 0 Å². The molecule has 0 aromatic heterocycles. The lowest BCUT2D eigenvalue weighted by atomic mass is 10.1. The van der Waals surface area contributed by atoms with Crippen LogP contribution in [0.1, 0.15) is 12.8 Å². The molecule has 0 atom stereocenters. The van der Waals surface area contributed by atoms with Crippen LogP contribution in [-0.2, 0) is 4.79 Å². The smallest absolute Gasteiger partial charge is 0.248 e. The standard InChI is InChI=1S/C7H15N3O2/c8-9-7(12)5-10-3-1-6(11)2-4-10/h6,11H,1-5,8H2,(H,9,12). The van der Waals surface area contributed by atoms with Gasteiger partial charge in [-0.1, -0.05) is 0 Å². The largest absolute Gasteiger partial charge is 0.393 e. The van der Waals surface area contributed by atoms with E-state index in [2.05, 4.69) is 5.43 Å². The van der Waals surface area contributed by atoms with E-state index in [-0.39, 0.29) is 12.0 Å². The molecule has 5 heteroatoms. The van der Waals surface area contributed by atoms with Gasteiger partial charge in [0.05, 0.1) is 12.6 Å². The normalized spacial score (nSPS) is 20.8. The van der Waals surface area contributed by atoms with Crippen molar-refractivity contribution in [1.82, 2.24) is 10.3 Å². The van der Waals surface area contributed by atoms with Crippen LogP contribution in [0.4, 0.5) is 0 Å². The van der Waals surface area contributed by atoms with Crippen LogP contribution < -0.4 is 11.3 Å². The summed E-state index contributed by atoms with van der Waals surface area (Å²) in [6.07, 6.45) is 1.30. The molecule has 0 aromatic rings. The number of nitrogens with zero attached hydrogens (tertiary/aromatic N) is 1. The Morgan fingerprint density at radius 1 is 1.58 bits per heavy atom. The quantitative estimate of drug-likeness (QED) is 0.268. The Morgan fingerprint density at radius 3 is 2.67 bits per heavy atom. The Kier molecular flexibility index (Phi) is 3.46. The van der Waals surface area contributed by atoms with Gasteiger partial charge in [0.15, 0.2) is 0 Å². The second-order valence-corrected chi connectivity index (χ2v) is 3.07. The van der Waals surface area contributed by atoms with Gasteiger partial charge in [-0.3, -0.25) is 15.1 Å². The molecular formula is C7H15N3O2. The van der Waals surface area contributed by atoms with Crippen LogP contribution in [0.25, 0.3) is 0 Å². The number of nitrogens with one attached hydrogen (secondary N) is 1. The molecule has 1 rings (SSSR count). The molecule has 1 saturated heterocycles. The highest BCUT2D eigenvalue weighted by molar-refractivity contribution is 5.77. The van der Waals surface area contributed by atoms with Crippen molar-refractivity contribution < 1.29 is 9.90 Å². The molecular weight excluding hydrogens is 158 g/mol. The number of rotatable bonds is 2. The first-order chi connectivity index (χ1) is 5.72. The van der Waals surface area contributed by atoms with Crippen molar-refractivity contribution in [3.63, 3.8) is 0 Å². The predicted octanol–water partition coefficient (Wildman–Crippen LogP) is -1.57. The number of hydrogen-bond acceptors (Lipinski definition) is 4. The molecule has 4 N–H and O–H groups in total. The Morgan fingerprint density at radius 2 is 2.17 bits per heavy atom. The van der Waals surface area contributed by atoms with Crippen LogP contribution in [0.5, 0.6) is 0 Å². The number of carbonyl (C=O) groups is 1. The van der Waals surface area contributed by atoms with Crippen LogP contribution in [0.2, 0.25) is 0 Å². The van der Waals surface area contributed by atoms with E-state index >= 15 is 0 Å². The fraction of sp³-hybridized carbons (Fsp3) is 0.857. The summed E-state index contributed by atoms with van der Waals surface area (Å²) in [5.41, 5.74) is 2.08. The summed E-state index contributed by atoms with van der Waals surface area (Å²) in [4.78, 5) is 12.8. The van der Waals surface area contributed by atoms with Gasteiger partial charge in [0, 0.05) is 13.1 Å². The van der Waals surface area contributed by atoms with E-state index in [0.29, 0.717) is 6.54 Å². The number of carbonyl (C=O) groups excluding carboxylic acids is 1. The first-order valence-electron chi connectivity index (χ1n) is 4.12. The maximum Gasteiger partial charge on any atom is 0.248 e. The zero-order chi connectivity index (χ0) is 8.97. The number of aliphatic hydroxyl groups excluding tert-OH is 1. The van der Waals surface area contributed by atoms with Crippen LogP contribution in [-0.4, -0.2) is 41.7 Å². The van der Waals surface area contributed by atoms with Crippen LogP contribution in [0, 0.1) is 0 Å². The van der Waals surface area contributed by atoms with Gasteiger partial charge in [-0.15, -0.1) is 0 Å². The van der Waals surface area contributed by atoms with Crippen molar-refractivity contribution in [3.8, 4) is 0 Å². The summed E-state index contributed by atoms with van der Waals surface area (Å²) >= 11 is 0. The fourth-order valence-electron chi connectivity index (χ4n) is 1.33. The Labute approximate surface area is 71.5 Å². The minimum Gasteiger partial charge on any atom is -0.393 e. The van der Waals surface area contributed by atoms with E-state index < -0.39 is 0 Å². The summed E-state index contributed by atoms with van der Waals surface area (Å²) < 4.78 is 0. The number of aliphatic hydroxyl groups is 1. The van der Waals surface area contributed by atoms with Gasteiger partial charge in [-0.05, 0) is 12.8 Å². The van der Waals surface area contributed by atoms with E-state index in [0.717, 1.165) is 25.9 Å². The number of hydrogen-bond donors (Lipinski definition) is 3. The highest BCUT2D eigenvalue weighted by Crippen LogP contribution is 2.08. The van der Waals surface area contributed by atoms with Gasteiger partial charge in [0.1, 0.15) is 0 Å². The molecule has 0 bridgehead atoms. The maximum atomic E-state index is 10.8. The molecule has 1 aliphatic heterocycles. The van der Waals surface area contributed by atoms with Crippen LogP contribution >= 0.6 is 0 Å². The predicted molar refractivity (Wildman–Crippen MR) is 44.0 cm³/mol. The zero-order valence-corrected chi connectivity index (χ0v) is 6.99. The van der Waals surface area contributed by atoms with Gasteiger partial charge < -0.3 is 5.11 Å². The number of amides is 1. The Hall–Kier alpha value is -0.650. The van der Waals surface area contributed by atoms with Crippen molar-refractivity contribution in [1.29, 1.82) is 0 Å². The van der Waals surface area contributed by atoms with Gasteiger partial charge in [0.25, 0.3) is 0 Å². The van der Waals surface area contributed by atoms with E-state index in [4.69, 9.17) is 10.9 Å². The minimum absolute atomic E-state index is 0.175. The first-order valence-corrected chi connectivity index (χ1v) is 4.12. The molecule has 0 spiro atoms. The average Bonchev–Trinajstić information content (AvgIpc) is 2.09. The lowest BCUT2D eigenvalue weighted by Gasteiger charge is -2.28. The number of hydrazine groups is 1. The van der Waals surface area contributed by atoms with Gasteiger partial charge in [0.2, 0.25) is 5.91 Å². The fourth-order valence-corrected chi connectivity index (χ4v) is 1.33.